The van der Waals surface area contributed by atoms with E-state index in [1.54, 1.807) is 24.3 Å². The molecular weight excluding hydrogens is 300 g/mol. The number of nitrogens with one attached hydrogen (secondary N) is 1. The quantitative estimate of drug-likeness (QED) is 0.848. The lowest BCUT2D eigenvalue weighted by molar-refractivity contribution is -0.149. The van der Waals surface area contributed by atoms with E-state index in [9.17, 15) is 14.4 Å². The van der Waals surface area contributed by atoms with Crippen LogP contribution >= 0.6 is 0 Å². The van der Waals surface area contributed by atoms with Crippen molar-refractivity contribution in [3.63, 3.8) is 0 Å². The number of carboxylic acid groups (broad SMARTS) is 1. The number of para-hydroxylation sites is 1. The van der Waals surface area contributed by atoms with Crippen LogP contribution in [0.15, 0.2) is 24.3 Å². The Bertz CT molecular complexity index is 674. The molecule has 2 aliphatic heterocycles. The third-order valence-electron chi connectivity index (χ3n) is 4.42. The van der Waals surface area contributed by atoms with E-state index in [1.165, 1.54) is 11.8 Å². The third kappa shape index (κ3) is 2.74. The van der Waals surface area contributed by atoms with E-state index in [1.807, 2.05) is 0 Å². The second kappa shape index (κ2) is 5.57. The Balaban J connectivity index is 1.84. The fraction of sp³-hybridized carbons (Fsp3) is 0.438. The van der Waals surface area contributed by atoms with Crippen molar-refractivity contribution in [2.24, 2.45) is 0 Å². The van der Waals surface area contributed by atoms with Gasteiger partial charge in [0.15, 0.2) is 5.72 Å². The number of benzene rings is 1. The molecule has 0 bridgehead atoms. The van der Waals surface area contributed by atoms with Gasteiger partial charge in [-0.15, -0.1) is 0 Å². The van der Waals surface area contributed by atoms with Gasteiger partial charge < -0.3 is 20.1 Å². The van der Waals surface area contributed by atoms with Gasteiger partial charge in [-0.2, -0.15) is 0 Å². The van der Waals surface area contributed by atoms with Gasteiger partial charge in [-0.1, -0.05) is 12.1 Å². The maximum Gasteiger partial charge on any atom is 0.326 e. The average molecular weight is 318 g/mol. The molecule has 0 aromatic heterocycles. The normalized spacial score (nSPS) is 25.2. The Kier molecular flexibility index (Phi) is 3.71. The Hall–Kier alpha value is -2.57. The molecule has 1 spiro atoms. The zero-order chi connectivity index (χ0) is 16.6. The summed E-state index contributed by atoms with van der Waals surface area (Å²) in [5.74, 6) is -1.04. The van der Waals surface area contributed by atoms with Gasteiger partial charge in [0.05, 0.1) is 5.56 Å². The van der Waals surface area contributed by atoms with Crippen LogP contribution in [0.4, 0.5) is 0 Å². The van der Waals surface area contributed by atoms with Crippen LogP contribution in [0.2, 0.25) is 0 Å². The number of carbonyl (C=O) groups is 3. The lowest BCUT2D eigenvalue weighted by Crippen LogP contribution is -2.56. The summed E-state index contributed by atoms with van der Waals surface area (Å²) in [6.45, 7) is 1.70. The van der Waals surface area contributed by atoms with Gasteiger partial charge in [-0.3, -0.25) is 9.59 Å². The fourth-order valence-electron chi connectivity index (χ4n) is 3.03. The van der Waals surface area contributed by atoms with E-state index in [0.717, 1.165) is 0 Å². The van der Waals surface area contributed by atoms with Gasteiger partial charge >= 0.3 is 5.97 Å². The number of carboxylic acids is 1. The zero-order valence-corrected chi connectivity index (χ0v) is 12.7. The van der Waals surface area contributed by atoms with Crippen molar-refractivity contribution < 1.29 is 24.2 Å². The van der Waals surface area contributed by atoms with Crippen molar-refractivity contribution in [2.45, 2.75) is 38.0 Å². The number of hydrogen-bond donors (Lipinski definition) is 2. The molecule has 0 aliphatic carbocycles. The number of carbonyl (C=O) groups excluding carboxylic acids is 2. The molecule has 3 rings (SSSR count). The average Bonchev–Trinajstić information content (AvgIpc) is 2.67. The molecule has 0 radical (unpaired) electrons. The number of fused-ring (bicyclic) bond motifs is 1. The van der Waals surface area contributed by atoms with E-state index >= 15 is 0 Å². The van der Waals surface area contributed by atoms with Crippen LogP contribution in [0.25, 0.3) is 0 Å². The summed E-state index contributed by atoms with van der Waals surface area (Å²) in [4.78, 5) is 37.0. The van der Waals surface area contributed by atoms with Crippen molar-refractivity contribution in [1.82, 2.24) is 10.2 Å². The third-order valence-corrected chi connectivity index (χ3v) is 4.42. The highest BCUT2D eigenvalue weighted by molar-refractivity contribution is 5.98. The first kappa shape index (κ1) is 15.3. The molecule has 0 saturated carbocycles. The minimum atomic E-state index is -1.05. The van der Waals surface area contributed by atoms with Crippen LogP contribution < -0.4 is 10.1 Å². The standard InChI is InChI=1S/C16H18N2O5/c1-10(15(21)22)18-9-8-16(7-6-13(18)19)17-14(20)11-4-2-3-5-12(11)23-16/h2-5,10H,6-9H2,1H3,(H,17,20)(H,21,22)/t10-,16-/m1/s1. The van der Waals surface area contributed by atoms with Gasteiger partial charge in [0.25, 0.3) is 5.91 Å². The molecule has 7 heteroatoms. The molecule has 1 aromatic carbocycles. The van der Waals surface area contributed by atoms with Crippen LogP contribution in [0, 0.1) is 0 Å². The summed E-state index contributed by atoms with van der Waals surface area (Å²) in [6.07, 6.45) is 0.783. The zero-order valence-electron chi connectivity index (χ0n) is 12.7. The van der Waals surface area contributed by atoms with Crippen molar-refractivity contribution in [3.05, 3.63) is 29.8 Å². The van der Waals surface area contributed by atoms with Gasteiger partial charge in [0, 0.05) is 25.8 Å². The largest absolute Gasteiger partial charge is 0.480 e. The maximum absolute atomic E-state index is 12.3. The lowest BCUT2D eigenvalue weighted by Gasteiger charge is -2.38. The topological polar surface area (TPSA) is 95.9 Å². The highest BCUT2D eigenvalue weighted by atomic mass is 16.5. The Morgan fingerprint density at radius 1 is 1.35 bits per heavy atom. The van der Waals surface area contributed by atoms with Crippen molar-refractivity contribution in [2.75, 3.05) is 6.54 Å². The van der Waals surface area contributed by atoms with Gasteiger partial charge in [0.2, 0.25) is 5.91 Å². The molecule has 2 aliphatic rings. The van der Waals surface area contributed by atoms with Gasteiger partial charge in [0.1, 0.15) is 11.8 Å². The summed E-state index contributed by atoms with van der Waals surface area (Å²) in [5.41, 5.74) is -0.502. The summed E-state index contributed by atoms with van der Waals surface area (Å²) in [7, 11) is 0. The number of aliphatic carboxylic acids is 1. The molecule has 2 amide bonds. The first-order valence-electron chi connectivity index (χ1n) is 7.55. The van der Waals surface area contributed by atoms with E-state index < -0.39 is 17.7 Å². The Morgan fingerprint density at radius 2 is 2.09 bits per heavy atom. The summed E-state index contributed by atoms with van der Waals surface area (Å²) < 4.78 is 5.99. The van der Waals surface area contributed by atoms with Gasteiger partial charge in [-0.05, 0) is 19.1 Å². The highest BCUT2D eigenvalue weighted by Gasteiger charge is 2.43. The van der Waals surface area contributed by atoms with E-state index in [0.29, 0.717) is 24.2 Å². The smallest absolute Gasteiger partial charge is 0.326 e. The molecule has 2 heterocycles. The molecule has 23 heavy (non-hydrogen) atoms. The number of nitrogens with zero attached hydrogens (tertiary/aromatic N) is 1. The first-order chi connectivity index (χ1) is 10.9. The molecular formula is C16H18N2O5. The molecule has 122 valence electrons. The minimum absolute atomic E-state index is 0.125. The summed E-state index contributed by atoms with van der Waals surface area (Å²) in [6, 6.07) is 6.04. The highest BCUT2D eigenvalue weighted by Crippen LogP contribution is 2.33. The predicted molar refractivity (Wildman–Crippen MR) is 79.9 cm³/mol. The van der Waals surface area contributed by atoms with E-state index in [2.05, 4.69) is 5.32 Å². The predicted octanol–water partition coefficient (Wildman–Crippen LogP) is 0.991. The van der Waals surface area contributed by atoms with Crippen LogP contribution in [0.3, 0.4) is 0 Å². The van der Waals surface area contributed by atoms with Crippen molar-refractivity contribution in [1.29, 1.82) is 0 Å². The van der Waals surface area contributed by atoms with Gasteiger partial charge in [-0.25, -0.2) is 4.79 Å². The molecule has 2 N–H and O–H groups in total. The minimum Gasteiger partial charge on any atom is -0.480 e. The summed E-state index contributed by atoms with van der Waals surface area (Å²) in [5, 5.41) is 12.0. The second-order valence-electron chi connectivity index (χ2n) is 5.90. The molecule has 0 unspecified atom stereocenters. The van der Waals surface area contributed by atoms with Crippen LogP contribution in [-0.2, 0) is 9.59 Å². The number of rotatable bonds is 2. The lowest BCUT2D eigenvalue weighted by atomic mass is 10.0. The van der Waals surface area contributed by atoms with Crippen LogP contribution in [0.1, 0.15) is 36.5 Å². The van der Waals surface area contributed by atoms with E-state index in [-0.39, 0.29) is 24.8 Å². The van der Waals surface area contributed by atoms with Crippen LogP contribution in [0.5, 0.6) is 5.75 Å². The van der Waals surface area contributed by atoms with E-state index in [4.69, 9.17) is 9.84 Å². The molecule has 7 nitrogen and oxygen atoms in total. The number of hydrogen-bond acceptors (Lipinski definition) is 4. The number of likely N-dealkylation sites (tertiary alicyclic amines) is 1. The SMILES string of the molecule is C[C@H](C(=O)O)N1CC[C@]2(CCC1=O)NC(=O)c1ccccc1O2. The summed E-state index contributed by atoms with van der Waals surface area (Å²) >= 11 is 0. The monoisotopic (exact) mass is 318 g/mol. The number of ether oxygens (including phenoxy) is 1. The Morgan fingerprint density at radius 3 is 2.83 bits per heavy atom. The molecule has 1 fully saturated rings. The molecule has 2 atom stereocenters. The second-order valence-corrected chi connectivity index (χ2v) is 5.90. The van der Waals surface area contributed by atoms with Crippen LogP contribution in [-0.4, -0.2) is 46.1 Å². The first-order valence-corrected chi connectivity index (χ1v) is 7.55. The van der Waals surface area contributed by atoms with Crippen molar-refractivity contribution in [3.8, 4) is 5.75 Å². The van der Waals surface area contributed by atoms with Crippen molar-refractivity contribution >= 4 is 17.8 Å². The Labute approximate surface area is 133 Å². The maximum atomic E-state index is 12.3. The molecule has 1 saturated heterocycles. The fourth-order valence-corrected chi connectivity index (χ4v) is 3.03. The molecule has 1 aromatic rings. The number of amides is 2.